The maximum absolute atomic E-state index is 10.7. The molecule has 0 aliphatic heterocycles. The molecule has 0 saturated heterocycles. The molecule has 0 aromatic heterocycles. The highest BCUT2D eigenvalue weighted by Gasteiger charge is 2.04. The van der Waals surface area contributed by atoms with Crippen LogP contribution in [0.2, 0.25) is 0 Å². The van der Waals surface area contributed by atoms with Crippen molar-refractivity contribution >= 4 is 5.97 Å². The Morgan fingerprint density at radius 2 is 1.81 bits per heavy atom. The van der Waals surface area contributed by atoms with Crippen molar-refractivity contribution in [3.63, 3.8) is 0 Å². The quantitative estimate of drug-likeness (QED) is 0.776. The number of hydrogen-bond acceptors (Lipinski definition) is 2. The van der Waals surface area contributed by atoms with E-state index in [0.717, 1.165) is 24.9 Å². The lowest BCUT2D eigenvalue weighted by atomic mass is 10.1. The summed E-state index contributed by atoms with van der Waals surface area (Å²) in [6.45, 7) is 5.12. The second-order valence-electron chi connectivity index (χ2n) is 3.90. The first-order valence-electron chi connectivity index (χ1n) is 5.73. The van der Waals surface area contributed by atoms with Gasteiger partial charge < -0.3 is 10.4 Å². The molecule has 0 bridgehead atoms. The third kappa shape index (κ3) is 3.66. The Morgan fingerprint density at radius 1 is 1.25 bits per heavy atom. The molecule has 0 heterocycles. The molecule has 88 valence electrons. The molecule has 0 fully saturated rings. The molecule has 0 aliphatic rings. The van der Waals surface area contributed by atoms with Crippen LogP contribution >= 0.6 is 0 Å². The number of rotatable bonds is 6. The van der Waals surface area contributed by atoms with Gasteiger partial charge in [0.15, 0.2) is 0 Å². The van der Waals surface area contributed by atoms with Crippen molar-refractivity contribution in [2.24, 2.45) is 0 Å². The minimum atomic E-state index is -0.875. The van der Waals surface area contributed by atoms with Gasteiger partial charge in [-0.1, -0.05) is 26.0 Å². The molecule has 3 heteroatoms. The molecular formula is C13H19NO2. The molecule has 0 saturated carbocycles. The zero-order chi connectivity index (χ0) is 12.0. The van der Waals surface area contributed by atoms with Gasteiger partial charge in [0.05, 0.1) is 5.56 Å². The summed E-state index contributed by atoms with van der Waals surface area (Å²) in [5.41, 5.74) is 1.46. The molecule has 0 atom stereocenters. The third-order valence-corrected chi connectivity index (χ3v) is 2.78. The number of benzene rings is 1. The molecule has 2 N–H and O–H groups in total. The Labute approximate surface area is 96.5 Å². The Hall–Kier alpha value is -1.35. The second-order valence-corrected chi connectivity index (χ2v) is 3.90. The molecular weight excluding hydrogens is 202 g/mol. The lowest BCUT2D eigenvalue weighted by Crippen LogP contribution is -2.26. The Kier molecular flexibility index (Phi) is 4.99. The van der Waals surface area contributed by atoms with Crippen LogP contribution in [0, 0.1) is 0 Å². The van der Waals surface area contributed by atoms with Gasteiger partial charge >= 0.3 is 5.97 Å². The van der Waals surface area contributed by atoms with Crippen molar-refractivity contribution in [1.82, 2.24) is 5.32 Å². The van der Waals surface area contributed by atoms with Crippen molar-refractivity contribution in [2.45, 2.75) is 39.3 Å². The minimum absolute atomic E-state index is 0.339. The average Bonchev–Trinajstić information content (AvgIpc) is 2.31. The number of carbonyl (C=O) groups is 1. The summed E-state index contributed by atoms with van der Waals surface area (Å²) in [4.78, 5) is 10.7. The van der Waals surface area contributed by atoms with Crippen LogP contribution < -0.4 is 5.32 Å². The van der Waals surface area contributed by atoms with Gasteiger partial charge in [-0.25, -0.2) is 4.79 Å². The van der Waals surface area contributed by atoms with Crippen LogP contribution in [0.5, 0.6) is 0 Å². The van der Waals surface area contributed by atoms with Crippen LogP contribution in [0.25, 0.3) is 0 Å². The topological polar surface area (TPSA) is 49.3 Å². The fourth-order valence-electron chi connectivity index (χ4n) is 1.60. The zero-order valence-electron chi connectivity index (χ0n) is 9.86. The molecule has 1 aromatic carbocycles. The van der Waals surface area contributed by atoms with E-state index in [4.69, 9.17) is 5.11 Å². The predicted octanol–water partition coefficient (Wildman–Crippen LogP) is 2.66. The van der Waals surface area contributed by atoms with E-state index in [1.807, 2.05) is 12.1 Å². The molecule has 0 unspecified atom stereocenters. The minimum Gasteiger partial charge on any atom is -0.478 e. The second kappa shape index (κ2) is 6.28. The van der Waals surface area contributed by atoms with Crippen molar-refractivity contribution in [3.8, 4) is 0 Å². The maximum atomic E-state index is 10.7. The molecule has 1 aromatic rings. The van der Waals surface area contributed by atoms with E-state index in [1.54, 1.807) is 12.1 Å². The van der Waals surface area contributed by atoms with Crippen LogP contribution in [-0.2, 0) is 6.54 Å². The van der Waals surface area contributed by atoms with Gasteiger partial charge in [0, 0.05) is 12.6 Å². The lowest BCUT2D eigenvalue weighted by Gasteiger charge is -2.14. The van der Waals surface area contributed by atoms with E-state index in [-0.39, 0.29) is 0 Å². The summed E-state index contributed by atoms with van der Waals surface area (Å²) < 4.78 is 0. The molecule has 0 spiro atoms. The Bertz CT molecular complexity index is 328. The predicted molar refractivity (Wildman–Crippen MR) is 64.6 cm³/mol. The van der Waals surface area contributed by atoms with Crippen molar-refractivity contribution in [2.75, 3.05) is 0 Å². The molecule has 0 radical (unpaired) electrons. The first-order chi connectivity index (χ1) is 7.67. The van der Waals surface area contributed by atoms with Gasteiger partial charge in [-0.05, 0) is 30.5 Å². The number of hydrogen-bond donors (Lipinski definition) is 2. The van der Waals surface area contributed by atoms with E-state index in [9.17, 15) is 4.79 Å². The fourth-order valence-corrected chi connectivity index (χ4v) is 1.60. The van der Waals surface area contributed by atoms with Gasteiger partial charge in [-0.2, -0.15) is 0 Å². The highest BCUT2D eigenvalue weighted by molar-refractivity contribution is 5.87. The van der Waals surface area contributed by atoms with E-state index < -0.39 is 5.97 Å². The Balaban J connectivity index is 2.52. The number of carboxylic acids is 1. The lowest BCUT2D eigenvalue weighted by molar-refractivity contribution is 0.0697. The number of carboxylic acid groups (broad SMARTS) is 1. The van der Waals surface area contributed by atoms with Crippen molar-refractivity contribution < 1.29 is 9.90 Å². The smallest absolute Gasteiger partial charge is 0.335 e. The largest absolute Gasteiger partial charge is 0.478 e. The third-order valence-electron chi connectivity index (χ3n) is 2.78. The van der Waals surface area contributed by atoms with Crippen LogP contribution in [0.1, 0.15) is 42.6 Å². The van der Waals surface area contributed by atoms with Crippen molar-refractivity contribution in [3.05, 3.63) is 35.4 Å². The van der Waals surface area contributed by atoms with E-state index in [0.29, 0.717) is 11.6 Å². The summed E-state index contributed by atoms with van der Waals surface area (Å²) in [7, 11) is 0. The van der Waals surface area contributed by atoms with E-state index >= 15 is 0 Å². The molecule has 1 rings (SSSR count). The summed E-state index contributed by atoms with van der Waals surface area (Å²) >= 11 is 0. The fraction of sp³-hybridized carbons (Fsp3) is 0.462. The molecule has 16 heavy (non-hydrogen) atoms. The highest BCUT2D eigenvalue weighted by atomic mass is 16.4. The SMILES string of the molecule is CCC(CC)NCc1ccc(C(=O)O)cc1. The highest BCUT2D eigenvalue weighted by Crippen LogP contribution is 2.05. The van der Waals surface area contributed by atoms with Crippen LogP contribution in [0.3, 0.4) is 0 Å². The maximum Gasteiger partial charge on any atom is 0.335 e. The summed E-state index contributed by atoms with van der Waals surface area (Å²) in [5, 5.41) is 12.2. The summed E-state index contributed by atoms with van der Waals surface area (Å²) in [6.07, 6.45) is 2.23. The van der Waals surface area contributed by atoms with Crippen LogP contribution in [0.15, 0.2) is 24.3 Å². The zero-order valence-corrected chi connectivity index (χ0v) is 9.86. The van der Waals surface area contributed by atoms with Gasteiger partial charge in [0.2, 0.25) is 0 Å². The van der Waals surface area contributed by atoms with E-state index in [2.05, 4.69) is 19.2 Å². The van der Waals surface area contributed by atoms with Crippen LogP contribution in [0.4, 0.5) is 0 Å². The molecule has 3 nitrogen and oxygen atoms in total. The molecule has 0 aliphatic carbocycles. The van der Waals surface area contributed by atoms with Gasteiger partial charge in [-0.3, -0.25) is 0 Å². The summed E-state index contributed by atoms with van der Waals surface area (Å²) in [5.74, 6) is -0.875. The number of aromatic carboxylic acids is 1. The first-order valence-corrected chi connectivity index (χ1v) is 5.73. The molecule has 0 amide bonds. The van der Waals surface area contributed by atoms with Gasteiger partial charge in [-0.15, -0.1) is 0 Å². The summed E-state index contributed by atoms with van der Waals surface area (Å²) in [6, 6.07) is 7.55. The first kappa shape index (κ1) is 12.7. The van der Waals surface area contributed by atoms with Gasteiger partial charge in [0.1, 0.15) is 0 Å². The monoisotopic (exact) mass is 221 g/mol. The Morgan fingerprint density at radius 3 is 2.25 bits per heavy atom. The number of nitrogens with one attached hydrogen (secondary N) is 1. The normalized spacial score (nSPS) is 10.7. The van der Waals surface area contributed by atoms with Crippen LogP contribution in [-0.4, -0.2) is 17.1 Å². The van der Waals surface area contributed by atoms with Gasteiger partial charge in [0.25, 0.3) is 0 Å². The average molecular weight is 221 g/mol. The van der Waals surface area contributed by atoms with E-state index in [1.165, 1.54) is 0 Å². The standard InChI is InChI=1S/C13H19NO2/c1-3-12(4-2)14-9-10-5-7-11(8-6-10)13(15)16/h5-8,12,14H,3-4,9H2,1-2H3,(H,15,16). The van der Waals surface area contributed by atoms with Crippen molar-refractivity contribution in [1.29, 1.82) is 0 Å².